The molecule has 0 unspecified atom stereocenters. The van der Waals surface area contributed by atoms with Crippen molar-refractivity contribution in [1.82, 2.24) is 4.57 Å². The van der Waals surface area contributed by atoms with Gasteiger partial charge in [0, 0.05) is 11.6 Å². The molecule has 0 saturated carbocycles. The number of fused-ring (bicyclic) bond motifs is 1. The molecule has 130 valence electrons. The summed E-state index contributed by atoms with van der Waals surface area (Å²) in [5.74, 6) is 0.213. The second kappa shape index (κ2) is 7.57. The number of ether oxygens (including phenoxy) is 1. The number of benzene rings is 2. The normalized spacial score (nSPS) is 11.0. The summed E-state index contributed by atoms with van der Waals surface area (Å²) in [7, 11) is 0. The number of hydrogen-bond acceptors (Lipinski definition) is 4. The van der Waals surface area contributed by atoms with E-state index >= 15 is 0 Å². The van der Waals surface area contributed by atoms with Gasteiger partial charge in [-0.3, -0.25) is 4.57 Å². The lowest BCUT2D eigenvalue weighted by Crippen LogP contribution is -2.25. The maximum atomic E-state index is 12.0. The minimum atomic E-state index is -0.665. The van der Waals surface area contributed by atoms with Crippen molar-refractivity contribution in [1.29, 1.82) is 0 Å². The van der Waals surface area contributed by atoms with Gasteiger partial charge in [0.2, 0.25) is 0 Å². The summed E-state index contributed by atoms with van der Waals surface area (Å²) in [5, 5.41) is 0.736. The molecule has 0 saturated heterocycles. The van der Waals surface area contributed by atoms with Crippen molar-refractivity contribution < 1.29 is 9.15 Å². The molecule has 3 rings (SSSR count). The van der Waals surface area contributed by atoms with Crippen molar-refractivity contribution in [2.24, 2.45) is 0 Å². The van der Waals surface area contributed by atoms with E-state index in [0.29, 0.717) is 29.1 Å². The molecule has 0 bridgehead atoms. The molecule has 0 aliphatic carbocycles. The Morgan fingerprint density at radius 3 is 2.72 bits per heavy atom. The highest BCUT2D eigenvalue weighted by molar-refractivity contribution is 6.31. The lowest BCUT2D eigenvalue weighted by atomic mass is 10.2. The minimum Gasteiger partial charge on any atom is -0.493 e. The fourth-order valence-corrected chi connectivity index (χ4v) is 2.85. The topological polar surface area (TPSA) is 61.4 Å². The van der Waals surface area contributed by atoms with E-state index in [-0.39, 0.29) is 0 Å². The molecule has 0 amide bonds. The molecule has 0 N–H and O–H groups in total. The zero-order valence-corrected chi connectivity index (χ0v) is 14.6. The Labute approximate surface area is 149 Å². The number of unbranched alkanes of at least 4 members (excludes halogenated alkanes) is 1. The molecule has 25 heavy (non-hydrogen) atoms. The molecule has 0 spiro atoms. The summed E-state index contributed by atoms with van der Waals surface area (Å²) in [5.41, 5.74) is 0.957. The predicted octanol–water partition coefficient (Wildman–Crippen LogP) is 3.78. The monoisotopic (exact) mass is 359 g/mol. The van der Waals surface area contributed by atoms with Gasteiger partial charge in [0.1, 0.15) is 5.75 Å². The van der Waals surface area contributed by atoms with E-state index in [2.05, 4.69) is 0 Å². The van der Waals surface area contributed by atoms with Crippen LogP contribution in [0.25, 0.3) is 10.9 Å². The van der Waals surface area contributed by atoms with Gasteiger partial charge in [0.25, 0.3) is 0 Å². The standard InChI is InChI=1S/C19H18ClNO4/c1-13-6-2-3-7-17(13)24-11-5-4-10-21-16-9-8-14(20)12-15(16)18(22)25-19(21)23/h2-3,6-9,12H,4-5,10-11H2,1H3. The van der Waals surface area contributed by atoms with Gasteiger partial charge in [-0.1, -0.05) is 29.8 Å². The van der Waals surface area contributed by atoms with Crippen molar-refractivity contribution in [3.05, 3.63) is 74.0 Å². The number of hydrogen-bond donors (Lipinski definition) is 0. The number of halogens is 1. The van der Waals surface area contributed by atoms with Gasteiger partial charge in [-0.05, 0) is 49.6 Å². The Morgan fingerprint density at radius 1 is 1.12 bits per heavy atom. The molecule has 0 radical (unpaired) electrons. The number of rotatable bonds is 6. The van der Waals surface area contributed by atoms with Gasteiger partial charge < -0.3 is 9.15 Å². The predicted molar refractivity (Wildman–Crippen MR) is 97.7 cm³/mol. The molecule has 0 atom stereocenters. The van der Waals surface area contributed by atoms with Gasteiger partial charge in [-0.25, -0.2) is 9.59 Å². The van der Waals surface area contributed by atoms with E-state index in [4.69, 9.17) is 20.8 Å². The third kappa shape index (κ3) is 3.94. The summed E-state index contributed by atoms with van der Waals surface area (Å²) in [4.78, 5) is 23.8. The Balaban J connectivity index is 1.67. The molecule has 1 aromatic heterocycles. The quantitative estimate of drug-likeness (QED) is 0.628. The molecule has 0 aliphatic heterocycles. The fourth-order valence-electron chi connectivity index (χ4n) is 2.68. The third-order valence-electron chi connectivity index (χ3n) is 4.00. The van der Waals surface area contributed by atoms with Gasteiger partial charge in [0.05, 0.1) is 17.5 Å². The first-order valence-corrected chi connectivity index (χ1v) is 8.46. The number of aryl methyl sites for hydroxylation is 2. The molecular weight excluding hydrogens is 342 g/mol. The van der Waals surface area contributed by atoms with Crippen LogP contribution in [0.4, 0.5) is 0 Å². The van der Waals surface area contributed by atoms with Crippen LogP contribution < -0.4 is 16.1 Å². The summed E-state index contributed by atoms with van der Waals surface area (Å²) in [6, 6.07) is 12.7. The average Bonchev–Trinajstić information content (AvgIpc) is 2.59. The maximum absolute atomic E-state index is 12.0. The molecule has 2 aromatic carbocycles. The highest BCUT2D eigenvalue weighted by Crippen LogP contribution is 2.17. The summed E-state index contributed by atoms with van der Waals surface area (Å²) >= 11 is 5.91. The molecule has 0 fully saturated rings. The molecule has 5 nitrogen and oxygen atoms in total. The Bertz CT molecular complexity index is 1010. The molecule has 1 heterocycles. The van der Waals surface area contributed by atoms with Crippen LogP contribution in [0, 0.1) is 6.92 Å². The zero-order chi connectivity index (χ0) is 17.8. The lowest BCUT2D eigenvalue weighted by Gasteiger charge is -2.10. The second-order valence-electron chi connectivity index (χ2n) is 5.79. The molecule has 6 heteroatoms. The fraction of sp³-hybridized carbons (Fsp3) is 0.263. The third-order valence-corrected chi connectivity index (χ3v) is 4.23. The van der Waals surface area contributed by atoms with Crippen LogP contribution in [0.15, 0.2) is 56.5 Å². The first-order valence-electron chi connectivity index (χ1n) is 8.08. The van der Waals surface area contributed by atoms with E-state index in [0.717, 1.165) is 24.2 Å². The Kier molecular flexibility index (Phi) is 5.24. The number of para-hydroxylation sites is 1. The van der Waals surface area contributed by atoms with Crippen molar-refractivity contribution in [3.8, 4) is 5.75 Å². The van der Waals surface area contributed by atoms with Gasteiger partial charge in [-0.15, -0.1) is 0 Å². The first-order chi connectivity index (χ1) is 12.1. The van der Waals surface area contributed by atoms with Crippen LogP contribution in [-0.4, -0.2) is 11.2 Å². The van der Waals surface area contributed by atoms with Crippen molar-refractivity contribution in [3.63, 3.8) is 0 Å². The highest BCUT2D eigenvalue weighted by Gasteiger charge is 2.09. The zero-order valence-electron chi connectivity index (χ0n) is 13.8. The summed E-state index contributed by atoms with van der Waals surface area (Å²) in [6.07, 6.45) is 1.49. The second-order valence-corrected chi connectivity index (χ2v) is 6.23. The maximum Gasteiger partial charge on any atom is 0.422 e. The van der Waals surface area contributed by atoms with E-state index in [1.54, 1.807) is 12.1 Å². The van der Waals surface area contributed by atoms with Crippen LogP contribution in [0.2, 0.25) is 5.02 Å². The van der Waals surface area contributed by atoms with E-state index in [9.17, 15) is 9.59 Å². The van der Waals surface area contributed by atoms with Crippen LogP contribution >= 0.6 is 11.6 Å². The van der Waals surface area contributed by atoms with Gasteiger partial charge in [0.15, 0.2) is 0 Å². The Morgan fingerprint density at radius 2 is 1.92 bits per heavy atom. The minimum absolute atomic E-state index is 0.309. The first kappa shape index (κ1) is 17.3. The SMILES string of the molecule is Cc1ccccc1OCCCCn1c(=O)oc(=O)c2cc(Cl)ccc21. The van der Waals surface area contributed by atoms with E-state index < -0.39 is 11.4 Å². The van der Waals surface area contributed by atoms with E-state index in [1.807, 2.05) is 31.2 Å². The van der Waals surface area contributed by atoms with Crippen LogP contribution in [0.3, 0.4) is 0 Å². The smallest absolute Gasteiger partial charge is 0.422 e. The molecular formula is C19H18ClNO4. The Hall–Kier alpha value is -2.53. The van der Waals surface area contributed by atoms with Crippen LogP contribution in [-0.2, 0) is 6.54 Å². The van der Waals surface area contributed by atoms with Crippen molar-refractivity contribution in [2.45, 2.75) is 26.3 Å². The molecule has 0 aliphatic rings. The van der Waals surface area contributed by atoms with Gasteiger partial charge >= 0.3 is 11.4 Å². The number of nitrogens with zero attached hydrogens (tertiary/aromatic N) is 1. The summed E-state index contributed by atoms with van der Waals surface area (Å²) < 4.78 is 12.0. The lowest BCUT2D eigenvalue weighted by molar-refractivity contribution is 0.299. The summed E-state index contributed by atoms with van der Waals surface area (Å²) in [6.45, 7) is 3.00. The van der Waals surface area contributed by atoms with E-state index in [1.165, 1.54) is 10.6 Å². The largest absolute Gasteiger partial charge is 0.493 e. The van der Waals surface area contributed by atoms with Crippen molar-refractivity contribution >= 4 is 22.5 Å². The van der Waals surface area contributed by atoms with Crippen LogP contribution in [0.1, 0.15) is 18.4 Å². The van der Waals surface area contributed by atoms with Crippen LogP contribution in [0.5, 0.6) is 5.75 Å². The highest BCUT2D eigenvalue weighted by atomic mass is 35.5. The van der Waals surface area contributed by atoms with Crippen molar-refractivity contribution in [2.75, 3.05) is 6.61 Å². The molecule has 3 aromatic rings. The van der Waals surface area contributed by atoms with Gasteiger partial charge in [-0.2, -0.15) is 0 Å². The average molecular weight is 360 g/mol. The number of aromatic nitrogens is 1.